The second-order valence-corrected chi connectivity index (χ2v) is 6.08. The maximum absolute atomic E-state index is 13.2. The Balaban J connectivity index is 2.63. The highest BCUT2D eigenvalue weighted by atomic mass is 19.1. The number of hydrogen-bond donors (Lipinski definition) is 1. The van der Waals surface area contributed by atoms with Gasteiger partial charge < -0.3 is 14.6 Å². The first-order chi connectivity index (χ1) is 11.2. The third-order valence-corrected chi connectivity index (χ3v) is 4.43. The number of hydrogen-bond acceptors (Lipinski definition) is 6. The van der Waals surface area contributed by atoms with Crippen LogP contribution in [-0.4, -0.2) is 42.6 Å². The normalized spacial score (nSPS) is 29.9. The van der Waals surface area contributed by atoms with Crippen LogP contribution in [0.1, 0.15) is 24.8 Å². The van der Waals surface area contributed by atoms with Crippen molar-refractivity contribution in [3.63, 3.8) is 0 Å². The van der Waals surface area contributed by atoms with E-state index in [9.17, 15) is 23.9 Å². The van der Waals surface area contributed by atoms with Gasteiger partial charge in [0.05, 0.1) is 25.7 Å². The first-order valence-corrected chi connectivity index (χ1v) is 7.39. The van der Waals surface area contributed by atoms with Crippen LogP contribution in [0.3, 0.4) is 0 Å². The van der Waals surface area contributed by atoms with E-state index >= 15 is 0 Å². The first-order valence-electron chi connectivity index (χ1n) is 7.39. The van der Waals surface area contributed by atoms with E-state index in [4.69, 9.17) is 9.47 Å². The van der Waals surface area contributed by atoms with Gasteiger partial charge in [0.15, 0.2) is 5.78 Å². The van der Waals surface area contributed by atoms with Gasteiger partial charge >= 0.3 is 11.9 Å². The van der Waals surface area contributed by atoms with E-state index in [2.05, 4.69) is 0 Å². The number of carbonyl (C=O) groups excluding carboxylic acids is 3. The fourth-order valence-corrected chi connectivity index (χ4v) is 3.35. The summed E-state index contributed by atoms with van der Waals surface area (Å²) in [7, 11) is 2.29. The average molecular weight is 338 g/mol. The lowest BCUT2D eigenvalue weighted by atomic mass is 9.62. The van der Waals surface area contributed by atoms with Crippen molar-refractivity contribution >= 4 is 17.7 Å². The highest BCUT2D eigenvalue weighted by Gasteiger charge is 2.56. The van der Waals surface area contributed by atoms with Crippen molar-refractivity contribution in [2.75, 3.05) is 14.2 Å². The van der Waals surface area contributed by atoms with Crippen LogP contribution >= 0.6 is 0 Å². The first kappa shape index (κ1) is 18.1. The quantitative estimate of drug-likeness (QED) is 0.658. The van der Waals surface area contributed by atoms with Gasteiger partial charge in [0.25, 0.3) is 0 Å². The Kier molecular flexibility index (Phi) is 5.03. The number of benzene rings is 1. The molecule has 1 aromatic rings. The maximum atomic E-state index is 13.2. The van der Waals surface area contributed by atoms with Crippen LogP contribution in [0.25, 0.3) is 0 Å². The Labute approximate surface area is 138 Å². The lowest BCUT2D eigenvalue weighted by Crippen LogP contribution is -2.55. The van der Waals surface area contributed by atoms with Gasteiger partial charge in [0.1, 0.15) is 11.7 Å². The molecule has 0 saturated heterocycles. The fraction of sp³-hybridized carbons (Fsp3) is 0.471. The summed E-state index contributed by atoms with van der Waals surface area (Å²) in [6, 6.07) is 5.07. The number of Topliss-reactive ketones (excluding diaryl/α,β-unsaturated/α-hetero) is 1. The van der Waals surface area contributed by atoms with Crippen molar-refractivity contribution in [1.29, 1.82) is 0 Å². The van der Waals surface area contributed by atoms with E-state index in [1.54, 1.807) is 0 Å². The highest BCUT2D eigenvalue weighted by molar-refractivity contribution is 6.02. The zero-order valence-corrected chi connectivity index (χ0v) is 13.6. The summed E-state index contributed by atoms with van der Waals surface area (Å²) in [5, 5.41) is 10.6. The smallest absolute Gasteiger partial charge is 0.316 e. The molecule has 0 spiro atoms. The second-order valence-electron chi connectivity index (χ2n) is 6.08. The molecule has 0 heterocycles. The summed E-state index contributed by atoms with van der Waals surface area (Å²) in [5.41, 5.74) is -1.33. The molecule has 0 aromatic heterocycles. The van der Waals surface area contributed by atoms with Crippen molar-refractivity contribution in [1.82, 2.24) is 0 Å². The molecular formula is C17H19FO6. The summed E-state index contributed by atoms with van der Waals surface area (Å²) < 4.78 is 22.7. The molecule has 0 bridgehead atoms. The lowest BCUT2D eigenvalue weighted by molar-refractivity contribution is -0.170. The molecule has 0 radical (unpaired) electrons. The Morgan fingerprint density at radius 3 is 2.21 bits per heavy atom. The summed E-state index contributed by atoms with van der Waals surface area (Å²) in [6.45, 7) is 1.34. The number of carbonyl (C=O) groups is 3. The topological polar surface area (TPSA) is 89.9 Å². The second kappa shape index (κ2) is 6.68. The number of aliphatic hydroxyl groups is 1. The minimum absolute atomic E-state index is 0.371. The number of rotatable bonds is 3. The van der Waals surface area contributed by atoms with Gasteiger partial charge in [-0.25, -0.2) is 4.39 Å². The minimum Gasteiger partial charge on any atom is -0.469 e. The van der Waals surface area contributed by atoms with Crippen LogP contribution in [0, 0.1) is 17.7 Å². The van der Waals surface area contributed by atoms with E-state index in [0.717, 1.165) is 26.4 Å². The van der Waals surface area contributed by atoms with Crippen LogP contribution < -0.4 is 0 Å². The van der Waals surface area contributed by atoms with Crippen molar-refractivity contribution in [2.24, 2.45) is 11.8 Å². The van der Waals surface area contributed by atoms with Crippen LogP contribution in [0.15, 0.2) is 24.3 Å². The van der Waals surface area contributed by atoms with Crippen LogP contribution in [0.5, 0.6) is 0 Å². The predicted molar refractivity (Wildman–Crippen MR) is 80.4 cm³/mol. The number of ketones is 1. The van der Waals surface area contributed by atoms with Crippen LogP contribution in [0.4, 0.5) is 4.39 Å². The molecule has 1 N–H and O–H groups in total. The lowest BCUT2D eigenvalue weighted by Gasteiger charge is -2.43. The highest BCUT2D eigenvalue weighted by Crippen LogP contribution is 2.46. The molecule has 7 heteroatoms. The third-order valence-electron chi connectivity index (χ3n) is 4.43. The maximum Gasteiger partial charge on any atom is 0.316 e. The van der Waals surface area contributed by atoms with Gasteiger partial charge in [-0.2, -0.15) is 0 Å². The Hall–Kier alpha value is -2.28. The summed E-state index contributed by atoms with van der Waals surface area (Å²) >= 11 is 0. The molecule has 4 atom stereocenters. The predicted octanol–water partition coefficient (Wildman–Crippen LogP) is 1.21. The molecule has 6 nitrogen and oxygen atoms in total. The molecule has 1 aliphatic rings. The van der Waals surface area contributed by atoms with E-state index in [-0.39, 0.29) is 6.42 Å². The van der Waals surface area contributed by atoms with E-state index in [1.165, 1.54) is 19.1 Å². The Bertz CT molecular complexity index is 652. The van der Waals surface area contributed by atoms with Crippen molar-refractivity contribution < 1.29 is 33.4 Å². The van der Waals surface area contributed by atoms with Gasteiger partial charge in [-0.1, -0.05) is 12.1 Å². The monoisotopic (exact) mass is 338 g/mol. The third kappa shape index (κ3) is 3.17. The molecule has 1 saturated carbocycles. The molecule has 0 amide bonds. The minimum atomic E-state index is -1.70. The van der Waals surface area contributed by atoms with Crippen LogP contribution in [0.2, 0.25) is 0 Å². The summed E-state index contributed by atoms with van der Waals surface area (Å²) in [6.07, 6.45) is -0.385. The molecule has 1 aromatic carbocycles. The Morgan fingerprint density at radius 1 is 1.17 bits per heavy atom. The van der Waals surface area contributed by atoms with Gasteiger partial charge in [-0.3, -0.25) is 14.4 Å². The molecule has 2 rings (SSSR count). The van der Waals surface area contributed by atoms with E-state index < -0.39 is 46.9 Å². The molecule has 1 aliphatic carbocycles. The number of esters is 2. The zero-order valence-electron chi connectivity index (χ0n) is 13.6. The Morgan fingerprint density at radius 2 is 1.71 bits per heavy atom. The van der Waals surface area contributed by atoms with E-state index in [0.29, 0.717) is 5.56 Å². The largest absolute Gasteiger partial charge is 0.469 e. The number of methoxy groups -OCH3 is 2. The van der Waals surface area contributed by atoms with Gasteiger partial charge in [0.2, 0.25) is 0 Å². The summed E-state index contributed by atoms with van der Waals surface area (Å²) in [4.78, 5) is 36.9. The average Bonchev–Trinajstić information content (AvgIpc) is 2.53. The van der Waals surface area contributed by atoms with Gasteiger partial charge in [-0.05, 0) is 24.6 Å². The number of ether oxygens (including phenoxy) is 2. The van der Waals surface area contributed by atoms with Crippen molar-refractivity contribution in [3.05, 3.63) is 35.6 Å². The molecule has 24 heavy (non-hydrogen) atoms. The van der Waals surface area contributed by atoms with Gasteiger partial charge in [-0.15, -0.1) is 0 Å². The zero-order chi connectivity index (χ0) is 18.1. The summed E-state index contributed by atoms with van der Waals surface area (Å²) in [5.74, 6) is -6.06. The fourth-order valence-electron chi connectivity index (χ4n) is 3.35. The van der Waals surface area contributed by atoms with Crippen molar-refractivity contribution in [3.8, 4) is 0 Å². The van der Waals surface area contributed by atoms with Crippen LogP contribution in [-0.2, 0) is 23.9 Å². The van der Waals surface area contributed by atoms with E-state index in [1.807, 2.05) is 0 Å². The molecular weight excluding hydrogens is 319 g/mol. The SMILES string of the molecule is COC(=O)[C@@H]1C(=O)C[C@](C)(O)[C@@H](C(=O)OC)[C@H]1c1ccc(F)cc1. The van der Waals surface area contributed by atoms with Crippen molar-refractivity contribution in [2.45, 2.75) is 24.9 Å². The standard InChI is InChI=1S/C17H19FO6/c1-17(22)8-11(19)13(15(20)23-2)12(14(17)16(21)24-3)9-4-6-10(18)7-5-9/h4-7,12-14,22H,8H2,1-3H3/t12-,13+,14+,17-/m0/s1. The number of halogens is 1. The molecule has 0 unspecified atom stereocenters. The van der Waals surface area contributed by atoms with Gasteiger partial charge in [0, 0.05) is 12.3 Å². The molecule has 1 fully saturated rings. The molecule has 0 aliphatic heterocycles. The molecule has 130 valence electrons.